The monoisotopic (exact) mass is 459 g/mol. The van der Waals surface area contributed by atoms with E-state index in [0.29, 0.717) is 6.42 Å². The number of aliphatic hydroxyl groups excluding tert-OH is 1. The first-order valence-electron chi connectivity index (χ1n) is 11.4. The summed E-state index contributed by atoms with van der Waals surface area (Å²) in [6, 6.07) is -3.62. The number of carbonyl (C=O) groups is 4. The van der Waals surface area contributed by atoms with Crippen molar-refractivity contribution < 1.29 is 29.4 Å². The van der Waals surface area contributed by atoms with Gasteiger partial charge in [0, 0.05) is 6.42 Å². The Labute approximate surface area is 190 Å². The Morgan fingerprint density at radius 3 is 1.91 bits per heavy atom. The van der Waals surface area contributed by atoms with E-state index in [0.717, 1.165) is 25.7 Å². The lowest BCUT2D eigenvalue weighted by atomic mass is 10.1. The molecule has 0 rings (SSSR count). The van der Waals surface area contributed by atoms with Crippen LogP contribution in [0, 0.1) is 0 Å². The first-order valence-corrected chi connectivity index (χ1v) is 11.4. The van der Waals surface area contributed by atoms with Crippen molar-refractivity contribution in [2.24, 2.45) is 11.5 Å². The topological polar surface area (TPSA) is 197 Å². The van der Waals surface area contributed by atoms with Crippen LogP contribution in [-0.2, 0) is 19.2 Å². The molecular weight excluding hydrogens is 418 g/mol. The summed E-state index contributed by atoms with van der Waals surface area (Å²) in [5.41, 5.74) is 10.9. The van der Waals surface area contributed by atoms with Crippen molar-refractivity contribution in [3.63, 3.8) is 0 Å². The minimum atomic E-state index is -1.40. The highest BCUT2D eigenvalue weighted by Crippen LogP contribution is 2.07. The molecule has 0 bridgehead atoms. The van der Waals surface area contributed by atoms with Crippen LogP contribution in [0.2, 0.25) is 0 Å². The molecule has 0 saturated heterocycles. The van der Waals surface area contributed by atoms with E-state index in [2.05, 4.69) is 22.9 Å². The Hall–Kier alpha value is -2.24. The molecule has 0 fully saturated rings. The van der Waals surface area contributed by atoms with E-state index in [1.54, 1.807) is 0 Å². The van der Waals surface area contributed by atoms with Crippen LogP contribution in [0.1, 0.15) is 71.6 Å². The molecule has 0 aliphatic rings. The Balaban J connectivity index is 4.89. The van der Waals surface area contributed by atoms with Gasteiger partial charge in [0.15, 0.2) is 0 Å². The summed E-state index contributed by atoms with van der Waals surface area (Å²) in [5.74, 6) is -3.11. The maximum Gasteiger partial charge on any atom is 0.326 e. The zero-order valence-corrected chi connectivity index (χ0v) is 19.3. The highest BCUT2D eigenvalue weighted by atomic mass is 16.4. The largest absolute Gasteiger partial charge is 0.480 e. The van der Waals surface area contributed by atoms with E-state index >= 15 is 0 Å². The zero-order chi connectivity index (χ0) is 24.5. The van der Waals surface area contributed by atoms with Crippen molar-refractivity contribution in [1.82, 2.24) is 16.0 Å². The van der Waals surface area contributed by atoms with Gasteiger partial charge >= 0.3 is 5.97 Å². The van der Waals surface area contributed by atoms with Crippen LogP contribution in [0.3, 0.4) is 0 Å². The number of aliphatic carboxylic acids is 1. The number of carbonyl (C=O) groups excluding carboxylic acids is 3. The lowest BCUT2D eigenvalue weighted by Crippen LogP contribution is -2.59. The smallest absolute Gasteiger partial charge is 0.326 e. The SMILES string of the molecule is CCCCCCCCC(=O)N[C@@H](CCN)C(=O)N[C@H](C(=O)N[C@@H](CCN)C(=O)O)[C@@H](C)O. The van der Waals surface area contributed by atoms with Gasteiger partial charge in [-0.1, -0.05) is 39.0 Å². The van der Waals surface area contributed by atoms with Crippen LogP contribution in [0.4, 0.5) is 0 Å². The van der Waals surface area contributed by atoms with Gasteiger partial charge in [-0.25, -0.2) is 4.79 Å². The molecule has 0 aromatic rings. The van der Waals surface area contributed by atoms with Crippen molar-refractivity contribution in [1.29, 1.82) is 0 Å². The number of hydrogen-bond acceptors (Lipinski definition) is 7. The maximum atomic E-state index is 12.7. The van der Waals surface area contributed by atoms with Gasteiger partial charge in [0.25, 0.3) is 0 Å². The fourth-order valence-corrected chi connectivity index (χ4v) is 3.11. The third-order valence-electron chi connectivity index (χ3n) is 5.00. The number of carboxylic acids is 1. The van der Waals surface area contributed by atoms with Gasteiger partial charge in [0.1, 0.15) is 18.1 Å². The number of nitrogens with two attached hydrogens (primary N) is 2. The zero-order valence-electron chi connectivity index (χ0n) is 19.3. The predicted molar refractivity (Wildman–Crippen MR) is 120 cm³/mol. The lowest BCUT2D eigenvalue weighted by molar-refractivity contribution is -0.143. The number of hydrogen-bond donors (Lipinski definition) is 7. The Morgan fingerprint density at radius 2 is 1.38 bits per heavy atom. The fourth-order valence-electron chi connectivity index (χ4n) is 3.11. The molecular formula is C21H41N5O6. The average Bonchev–Trinajstić information content (AvgIpc) is 2.73. The number of nitrogens with one attached hydrogen (secondary N) is 3. The van der Waals surface area contributed by atoms with Gasteiger partial charge in [-0.3, -0.25) is 14.4 Å². The Kier molecular flexibility index (Phi) is 16.1. The summed E-state index contributed by atoms with van der Waals surface area (Å²) in [4.78, 5) is 48.6. The van der Waals surface area contributed by atoms with E-state index in [9.17, 15) is 24.3 Å². The first kappa shape index (κ1) is 29.8. The predicted octanol–water partition coefficient (Wildman–Crippen LogP) is -0.646. The molecule has 186 valence electrons. The van der Waals surface area contributed by atoms with Gasteiger partial charge in [-0.2, -0.15) is 0 Å². The first-order chi connectivity index (χ1) is 15.2. The summed E-state index contributed by atoms with van der Waals surface area (Å²) in [6.07, 6.45) is 5.26. The van der Waals surface area contributed by atoms with Gasteiger partial charge in [0.2, 0.25) is 17.7 Å². The quantitative estimate of drug-likeness (QED) is 0.131. The molecule has 0 aliphatic heterocycles. The van der Waals surface area contributed by atoms with Crippen LogP contribution >= 0.6 is 0 Å². The second-order valence-corrected chi connectivity index (χ2v) is 7.92. The highest BCUT2D eigenvalue weighted by molar-refractivity contribution is 5.93. The molecule has 0 aromatic carbocycles. The lowest BCUT2D eigenvalue weighted by Gasteiger charge is -2.25. The van der Waals surface area contributed by atoms with E-state index in [1.807, 2.05) is 0 Å². The van der Waals surface area contributed by atoms with Crippen LogP contribution in [0.25, 0.3) is 0 Å². The van der Waals surface area contributed by atoms with E-state index in [1.165, 1.54) is 13.3 Å². The van der Waals surface area contributed by atoms with Gasteiger partial charge < -0.3 is 37.6 Å². The average molecular weight is 460 g/mol. The fraction of sp³-hybridized carbons (Fsp3) is 0.810. The van der Waals surface area contributed by atoms with Gasteiger partial charge in [-0.15, -0.1) is 0 Å². The molecule has 0 aromatic heterocycles. The van der Waals surface area contributed by atoms with Crippen LogP contribution in [0.5, 0.6) is 0 Å². The van der Waals surface area contributed by atoms with Crippen LogP contribution < -0.4 is 27.4 Å². The normalized spacial score (nSPS) is 14.7. The molecule has 11 heteroatoms. The minimum Gasteiger partial charge on any atom is -0.480 e. The molecule has 4 atom stereocenters. The molecule has 11 nitrogen and oxygen atoms in total. The van der Waals surface area contributed by atoms with Gasteiger partial charge in [0.05, 0.1) is 6.10 Å². The van der Waals surface area contributed by atoms with Crippen LogP contribution in [-0.4, -0.2) is 71.2 Å². The standard InChI is InChI=1S/C21H41N5O6/c1-3-4-5-6-7-8-9-17(28)24-15(10-12-22)19(29)26-18(14(2)27)20(30)25-16(11-13-23)21(31)32/h14-16,18,27H,3-13,22-23H2,1-2H3,(H,24,28)(H,25,30)(H,26,29)(H,31,32)/t14-,15+,16+,18+/m1/s1. The molecule has 0 aliphatic carbocycles. The molecule has 0 unspecified atom stereocenters. The summed E-state index contributed by atoms with van der Waals surface area (Å²) in [6.45, 7) is 3.58. The summed E-state index contributed by atoms with van der Waals surface area (Å²) in [5, 5.41) is 26.4. The van der Waals surface area contributed by atoms with E-state index in [4.69, 9.17) is 16.6 Å². The van der Waals surface area contributed by atoms with Gasteiger partial charge in [-0.05, 0) is 39.3 Å². The minimum absolute atomic E-state index is 0.00809. The molecule has 9 N–H and O–H groups in total. The van der Waals surface area contributed by atoms with E-state index < -0.39 is 42.0 Å². The molecule has 3 amide bonds. The number of carboxylic acid groups (broad SMARTS) is 1. The molecule has 0 saturated carbocycles. The second-order valence-electron chi connectivity index (χ2n) is 7.92. The number of rotatable bonds is 18. The molecule has 0 heterocycles. The Bertz CT molecular complexity index is 587. The van der Waals surface area contributed by atoms with Crippen molar-refractivity contribution in [2.45, 2.75) is 95.9 Å². The highest BCUT2D eigenvalue weighted by Gasteiger charge is 2.31. The molecule has 32 heavy (non-hydrogen) atoms. The third kappa shape index (κ3) is 12.6. The van der Waals surface area contributed by atoms with Crippen molar-refractivity contribution in [3.8, 4) is 0 Å². The maximum absolute atomic E-state index is 12.7. The van der Waals surface area contributed by atoms with Crippen LogP contribution in [0.15, 0.2) is 0 Å². The Morgan fingerprint density at radius 1 is 0.812 bits per heavy atom. The number of amides is 3. The molecule has 0 spiro atoms. The van der Waals surface area contributed by atoms with Crippen molar-refractivity contribution in [2.75, 3.05) is 13.1 Å². The van der Waals surface area contributed by atoms with E-state index in [-0.39, 0.29) is 38.3 Å². The van der Waals surface area contributed by atoms with Crippen molar-refractivity contribution >= 4 is 23.7 Å². The third-order valence-corrected chi connectivity index (χ3v) is 5.00. The summed E-state index contributed by atoms with van der Waals surface area (Å²) >= 11 is 0. The number of aliphatic hydroxyl groups is 1. The number of unbranched alkanes of at least 4 members (excludes halogenated alkanes) is 5. The second kappa shape index (κ2) is 17.3. The summed E-state index contributed by atoms with van der Waals surface area (Å²) in [7, 11) is 0. The summed E-state index contributed by atoms with van der Waals surface area (Å²) < 4.78 is 0. The van der Waals surface area contributed by atoms with Crippen molar-refractivity contribution in [3.05, 3.63) is 0 Å². The molecule has 0 radical (unpaired) electrons.